The quantitative estimate of drug-likeness (QED) is 0.742. The molecule has 1 aromatic rings. The van der Waals surface area contributed by atoms with Gasteiger partial charge in [0.05, 0.1) is 4.91 Å². The van der Waals surface area contributed by atoms with Gasteiger partial charge in [-0.05, 0) is 42.5 Å². The molecule has 0 N–H and O–H groups in total. The van der Waals surface area contributed by atoms with Gasteiger partial charge in [0.2, 0.25) is 5.78 Å². The Bertz CT molecular complexity index is 592. The van der Waals surface area contributed by atoms with Crippen LogP contribution in [0.25, 0.3) is 0 Å². The monoisotopic (exact) mass is 280 g/mol. The second kappa shape index (κ2) is 4.44. The fourth-order valence-electron chi connectivity index (χ4n) is 2.39. The van der Waals surface area contributed by atoms with Crippen LogP contribution in [-0.4, -0.2) is 11.8 Å². The minimum absolute atomic E-state index is 0.119. The van der Waals surface area contributed by atoms with Gasteiger partial charge < -0.3 is 4.29 Å². The SMILES string of the molecule is O=C(/C=C1\Sc2cc3c(cc2C1=O)CCC3)OCl. The van der Waals surface area contributed by atoms with Crippen molar-refractivity contribution in [1.29, 1.82) is 0 Å². The molecule has 0 amide bonds. The number of allylic oxidation sites excluding steroid dienone is 1. The number of carbonyl (C=O) groups is 2. The van der Waals surface area contributed by atoms with Crippen molar-refractivity contribution >= 4 is 35.4 Å². The lowest BCUT2D eigenvalue weighted by atomic mass is 10.0. The second-order valence-electron chi connectivity index (χ2n) is 4.31. The lowest BCUT2D eigenvalue weighted by molar-refractivity contribution is -0.128. The van der Waals surface area contributed by atoms with E-state index >= 15 is 0 Å². The topological polar surface area (TPSA) is 43.4 Å². The first-order valence-electron chi connectivity index (χ1n) is 5.61. The first-order valence-corrected chi connectivity index (χ1v) is 6.74. The number of benzene rings is 1. The number of fused-ring (bicyclic) bond motifs is 2. The zero-order valence-corrected chi connectivity index (χ0v) is 10.9. The van der Waals surface area contributed by atoms with Crippen LogP contribution in [0.2, 0.25) is 0 Å². The minimum Gasteiger partial charge on any atom is -0.344 e. The van der Waals surface area contributed by atoms with Gasteiger partial charge in [-0.3, -0.25) is 4.79 Å². The van der Waals surface area contributed by atoms with E-state index in [0.717, 1.165) is 30.2 Å². The number of hydrogen-bond acceptors (Lipinski definition) is 4. The maximum Gasteiger partial charge on any atom is 0.350 e. The molecule has 0 unspecified atom stereocenters. The summed E-state index contributed by atoms with van der Waals surface area (Å²) in [6.45, 7) is 0. The van der Waals surface area contributed by atoms with Crippen LogP contribution >= 0.6 is 23.6 Å². The van der Waals surface area contributed by atoms with Crippen molar-refractivity contribution in [1.82, 2.24) is 0 Å². The molecule has 1 aliphatic heterocycles. The summed E-state index contributed by atoms with van der Waals surface area (Å²) in [5.74, 6) is -0.834. The van der Waals surface area contributed by atoms with Gasteiger partial charge in [0, 0.05) is 16.5 Å². The zero-order valence-electron chi connectivity index (χ0n) is 9.36. The van der Waals surface area contributed by atoms with Gasteiger partial charge in [-0.15, -0.1) is 0 Å². The zero-order chi connectivity index (χ0) is 12.7. The summed E-state index contributed by atoms with van der Waals surface area (Å²) in [5, 5.41) is 0. The number of halogens is 1. The van der Waals surface area contributed by atoms with Gasteiger partial charge in [-0.25, -0.2) is 4.79 Å². The number of Topliss-reactive ketones (excluding diaryl/α,β-unsaturated/α-hetero) is 1. The predicted molar refractivity (Wildman–Crippen MR) is 68.7 cm³/mol. The molecule has 92 valence electrons. The van der Waals surface area contributed by atoms with E-state index in [4.69, 9.17) is 11.9 Å². The maximum atomic E-state index is 12.1. The molecular formula is C13H9ClO3S. The van der Waals surface area contributed by atoms with Gasteiger partial charge in [0.15, 0.2) is 0 Å². The average Bonchev–Trinajstić information content (AvgIpc) is 2.93. The van der Waals surface area contributed by atoms with E-state index in [1.165, 1.54) is 22.9 Å². The molecule has 1 aliphatic carbocycles. The van der Waals surface area contributed by atoms with Crippen LogP contribution in [0.4, 0.5) is 0 Å². The number of ketones is 1. The van der Waals surface area contributed by atoms with E-state index in [0.29, 0.717) is 10.5 Å². The Kier molecular flexibility index (Phi) is 2.92. The highest BCUT2D eigenvalue weighted by Crippen LogP contribution is 2.42. The molecule has 0 radical (unpaired) electrons. The smallest absolute Gasteiger partial charge is 0.344 e. The molecule has 18 heavy (non-hydrogen) atoms. The predicted octanol–water partition coefficient (Wildman–Crippen LogP) is 3.04. The van der Waals surface area contributed by atoms with Crippen molar-refractivity contribution in [3.05, 3.63) is 39.8 Å². The largest absolute Gasteiger partial charge is 0.350 e. The molecule has 0 saturated heterocycles. The Balaban J connectivity index is 2.00. The highest BCUT2D eigenvalue weighted by molar-refractivity contribution is 8.04. The van der Waals surface area contributed by atoms with Crippen LogP contribution in [0.5, 0.6) is 0 Å². The third kappa shape index (κ3) is 1.85. The molecule has 3 nitrogen and oxygen atoms in total. The Morgan fingerprint density at radius 1 is 1.33 bits per heavy atom. The maximum absolute atomic E-state index is 12.1. The van der Waals surface area contributed by atoms with Gasteiger partial charge in [-0.1, -0.05) is 11.8 Å². The van der Waals surface area contributed by atoms with Crippen LogP contribution in [0.1, 0.15) is 27.9 Å². The number of rotatable bonds is 1. The Hall–Kier alpha value is -1.26. The molecule has 5 heteroatoms. The second-order valence-corrected chi connectivity index (χ2v) is 5.54. The Morgan fingerprint density at radius 2 is 2.06 bits per heavy atom. The molecule has 0 bridgehead atoms. The van der Waals surface area contributed by atoms with E-state index in [-0.39, 0.29) is 5.78 Å². The summed E-state index contributed by atoms with van der Waals surface area (Å²) in [6, 6.07) is 4.02. The molecule has 0 atom stereocenters. The number of carbonyl (C=O) groups excluding carboxylic acids is 2. The molecule has 2 aliphatic rings. The van der Waals surface area contributed by atoms with Crippen molar-refractivity contribution in [2.45, 2.75) is 24.2 Å². The molecule has 1 aromatic carbocycles. The van der Waals surface area contributed by atoms with Crippen LogP contribution in [0.3, 0.4) is 0 Å². The van der Waals surface area contributed by atoms with E-state index in [2.05, 4.69) is 10.4 Å². The van der Waals surface area contributed by atoms with E-state index in [9.17, 15) is 9.59 Å². The lowest BCUT2D eigenvalue weighted by Crippen LogP contribution is -1.99. The fraction of sp³-hybridized carbons (Fsp3) is 0.231. The highest BCUT2D eigenvalue weighted by Gasteiger charge is 2.29. The molecular weight excluding hydrogens is 272 g/mol. The van der Waals surface area contributed by atoms with Crippen molar-refractivity contribution < 1.29 is 13.9 Å². The normalized spacial score (nSPS) is 18.9. The average molecular weight is 281 g/mol. The van der Waals surface area contributed by atoms with Crippen molar-refractivity contribution in [2.75, 3.05) is 0 Å². The van der Waals surface area contributed by atoms with Crippen LogP contribution in [-0.2, 0) is 21.9 Å². The van der Waals surface area contributed by atoms with Gasteiger partial charge in [0.25, 0.3) is 0 Å². The third-order valence-corrected chi connectivity index (χ3v) is 4.44. The van der Waals surface area contributed by atoms with E-state index in [1.54, 1.807) is 0 Å². The summed E-state index contributed by atoms with van der Waals surface area (Å²) in [4.78, 5) is 24.5. The number of thioether (sulfide) groups is 1. The van der Waals surface area contributed by atoms with Gasteiger partial charge in [-0.2, -0.15) is 0 Å². The molecule has 0 aromatic heterocycles. The molecule has 0 saturated carbocycles. The van der Waals surface area contributed by atoms with Gasteiger partial charge >= 0.3 is 5.97 Å². The summed E-state index contributed by atoms with van der Waals surface area (Å²) in [5.41, 5.74) is 3.26. The summed E-state index contributed by atoms with van der Waals surface area (Å²) >= 11 is 6.26. The highest BCUT2D eigenvalue weighted by atomic mass is 35.5. The first kappa shape index (κ1) is 11.8. The van der Waals surface area contributed by atoms with Crippen molar-refractivity contribution in [3.63, 3.8) is 0 Å². The first-order chi connectivity index (χ1) is 8.69. The fourth-order valence-corrected chi connectivity index (χ4v) is 3.49. The van der Waals surface area contributed by atoms with Crippen LogP contribution < -0.4 is 0 Å². The Morgan fingerprint density at radius 3 is 2.78 bits per heavy atom. The van der Waals surface area contributed by atoms with Crippen molar-refractivity contribution in [2.24, 2.45) is 0 Å². The number of aryl methyl sites for hydroxylation is 2. The molecule has 0 fully saturated rings. The van der Waals surface area contributed by atoms with Crippen molar-refractivity contribution in [3.8, 4) is 0 Å². The summed E-state index contributed by atoms with van der Waals surface area (Å²) in [7, 11) is 0. The lowest BCUT2D eigenvalue weighted by Gasteiger charge is -2.01. The third-order valence-electron chi connectivity index (χ3n) is 3.21. The summed E-state index contributed by atoms with van der Waals surface area (Å²) in [6.07, 6.45) is 4.40. The Labute approximate surface area is 113 Å². The minimum atomic E-state index is -0.715. The van der Waals surface area contributed by atoms with Crippen LogP contribution in [0.15, 0.2) is 28.0 Å². The molecule has 1 heterocycles. The summed E-state index contributed by atoms with van der Waals surface area (Å²) < 4.78 is 4.03. The molecule has 0 spiro atoms. The van der Waals surface area contributed by atoms with E-state index < -0.39 is 5.97 Å². The number of hydrogen-bond donors (Lipinski definition) is 0. The van der Waals surface area contributed by atoms with Gasteiger partial charge in [0.1, 0.15) is 11.9 Å². The standard InChI is InChI=1S/C13H9ClO3S/c14-17-12(15)6-11-13(16)9-4-7-2-1-3-8(7)5-10(9)18-11/h4-6H,1-3H2/b11-6-. The molecule has 3 rings (SSSR count). The van der Waals surface area contributed by atoms with E-state index in [1.807, 2.05) is 6.07 Å². The van der Waals surface area contributed by atoms with Crippen LogP contribution in [0, 0.1) is 0 Å².